The van der Waals surface area contributed by atoms with Gasteiger partial charge in [0.05, 0.1) is 11.9 Å². The minimum atomic E-state index is -3.20. The molecule has 1 aromatic carbocycles. The molecule has 1 saturated heterocycles. The van der Waals surface area contributed by atoms with Crippen LogP contribution in [0.1, 0.15) is 18.4 Å². The highest BCUT2D eigenvalue weighted by Gasteiger charge is 2.24. The summed E-state index contributed by atoms with van der Waals surface area (Å²) >= 11 is 0. The number of hydrogen-bond acceptors (Lipinski definition) is 4. The number of rotatable bonds is 5. The van der Waals surface area contributed by atoms with Crippen LogP contribution in [0, 0.1) is 0 Å². The number of carbonyl (C=O) groups is 1. The van der Waals surface area contributed by atoms with Gasteiger partial charge in [0, 0.05) is 38.1 Å². The lowest BCUT2D eigenvalue weighted by Crippen LogP contribution is -2.49. The first-order valence-electron chi connectivity index (χ1n) is 8.50. The largest absolute Gasteiger partial charge is 0.334 e. The molecule has 2 aromatic rings. The first-order valence-corrected chi connectivity index (χ1v) is 10.4. The number of nitrogens with zero attached hydrogens (tertiary/aromatic N) is 3. The molecule has 0 atom stereocenters. The van der Waals surface area contributed by atoms with Crippen LogP contribution in [0.2, 0.25) is 0 Å². The summed E-state index contributed by atoms with van der Waals surface area (Å²) in [5.74, 6) is 0. The molecule has 0 bridgehead atoms. The van der Waals surface area contributed by atoms with Crippen molar-refractivity contribution in [1.29, 1.82) is 0 Å². The SMILES string of the molecule is CS(=O)(=O)NC1CCN(C(=O)NCc2ccc(-n3cccn3)cc2)CC1. The minimum Gasteiger partial charge on any atom is -0.334 e. The number of likely N-dealkylation sites (tertiary alicyclic amines) is 1. The molecule has 9 heteroatoms. The maximum atomic E-state index is 12.3. The van der Waals surface area contributed by atoms with Gasteiger partial charge in [0.25, 0.3) is 0 Å². The lowest BCUT2D eigenvalue weighted by molar-refractivity contribution is 0.179. The van der Waals surface area contributed by atoms with Crippen LogP contribution in [0.15, 0.2) is 42.7 Å². The second kappa shape index (κ2) is 7.88. The van der Waals surface area contributed by atoms with Crippen molar-refractivity contribution in [3.05, 3.63) is 48.3 Å². The van der Waals surface area contributed by atoms with Gasteiger partial charge in [0.2, 0.25) is 10.0 Å². The fourth-order valence-corrected chi connectivity index (χ4v) is 3.82. The van der Waals surface area contributed by atoms with Crippen molar-refractivity contribution in [3.63, 3.8) is 0 Å². The molecule has 0 aliphatic carbocycles. The summed E-state index contributed by atoms with van der Waals surface area (Å²) in [5.41, 5.74) is 1.97. The zero-order valence-corrected chi connectivity index (χ0v) is 15.4. The highest BCUT2D eigenvalue weighted by molar-refractivity contribution is 7.88. The minimum absolute atomic E-state index is 0.0936. The summed E-state index contributed by atoms with van der Waals surface area (Å²) in [4.78, 5) is 14.0. The third kappa shape index (κ3) is 5.06. The van der Waals surface area contributed by atoms with E-state index < -0.39 is 10.0 Å². The highest BCUT2D eigenvalue weighted by Crippen LogP contribution is 2.12. The maximum Gasteiger partial charge on any atom is 0.317 e. The number of urea groups is 1. The van der Waals surface area contributed by atoms with Crippen molar-refractivity contribution in [2.24, 2.45) is 0 Å². The van der Waals surface area contributed by atoms with E-state index in [1.807, 2.05) is 36.5 Å². The summed E-state index contributed by atoms with van der Waals surface area (Å²) in [6.07, 6.45) is 6.00. The van der Waals surface area contributed by atoms with Gasteiger partial charge in [-0.05, 0) is 36.6 Å². The summed E-state index contributed by atoms with van der Waals surface area (Å²) in [6.45, 7) is 1.52. The van der Waals surface area contributed by atoms with E-state index in [-0.39, 0.29) is 12.1 Å². The van der Waals surface area contributed by atoms with Gasteiger partial charge in [0.1, 0.15) is 0 Å². The van der Waals surface area contributed by atoms with Crippen LogP contribution in [0.25, 0.3) is 5.69 Å². The van der Waals surface area contributed by atoms with Gasteiger partial charge in [0.15, 0.2) is 0 Å². The third-order valence-electron chi connectivity index (χ3n) is 4.31. The molecule has 1 aliphatic rings. The monoisotopic (exact) mass is 377 g/mol. The molecule has 0 unspecified atom stereocenters. The molecule has 26 heavy (non-hydrogen) atoms. The Morgan fingerprint density at radius 1 is 1.23 bits per heavy atom. The second-order valence-electron chi connectivity index (χ2n) is 6.43. The molecule has 1 aromatic heterocycles. The van der Waals surface area contributed by atoms with Crippen LogP contribution in [-0.4, -0.2) is 54.5 Å². The van der Waals surface area contributed by atoms with Crippen LogP contribution >= 0.6 is 0 Å². The Labute approximate surface area is 153 Å². The number of carbonyl (C=O) groups excluding carboxylic acids is 1. The van der Waals surface area contributed by atoms with Crippen molar-refractivity contribution in [2.45, 2.75) is 25.4 Å². The normalized spacial score (nSPS) is 15.8. The third-order valence-corrected chi connectivity index (χ3v) is 5.07. The van der Waals surface area contributed by atoms with Crippen molar-refractivity contribution in [2.75, 3.05) is 19.3 Å². The number of aromatic nitrogens is 2. The molecular weight excluding hydrogens is 354 g/mol. The molecule has 0 radical (unpaired) electrons. The number of sulfonamides is 1. The van der Waals surface area contributed by atoms with E-state index in [2.05, 4.69) is 15.1 Å². The number of amides is 2. The average Bonchev–Trinajstić information content (AvgIpc) is 3.14. The Morgan fingerprint density at radius 2 is 1.92 bits per heavy atom. The first kappa shape index (κ1) is 18.4. The summed E-state index contributed by atoms with van der Waals surface area (Å²) < 4.78 is 26.9. The fourth-order valence-electron chi connectivity index (χ4n) is 2.98. The lowest BCUT2D eigenvalue weighted by atomic mass is 10.1. The van der Waals surface area contributed by atoms with E-state index in [9.17, 15) is 13.2 Å². The predicted octanol–water partition coefficient (Wildman–Crippen LogP) is 1.10. The number of piperidine rings is 1. The molecule has 2 N–H and O–H groups in total. The molecule has 8 nitrogen and oxygen atoms in total. The molecule has 2 amide bonds. The van der Waals surface area contributed by atoms with Crippen molar-refractivity contribution >= 4 is 16.1 Å². The van der Waals surface area contributed by atoms with Gasteiger partial charge in [-0.15, -0.1) is 0 Å². The number of hydrogen-bond donors (Lipinski definition) is 2. The second-order valence-corrected chi connectivity index (χ2v) is 8.21. The van der Waals surface area contributed by atoms with Gasteiger partial charge in [-0.25, -0.2) is 22.6 Å². The molecule has 3 rings (SSSR count). The zero-order valence-electron chi connectivity index (χ0n) is 14.6. The summed E-state index contributed by atoms with van der Waals surface area (Å²) in [6, 6.07) is 9.47. The Morgan fingerprint density at radius 3 is 2.50 bits per heavy atom. The van der Waals surface area contributed by atoms with Gasteiger partial charge < -0.3 is 10.2 Å². The molecule has 1 fully saturated rings. The van der Waals surface area contributed by atoms with E-state index in [1.54, 1.807) is 15.8 Å². The Kier molecular flexibility index (Phi) is 5.58. The quantitative estimate of drug-likeness (QED) is 0.815. The summed E-state index contributed by atoms with van der Waals surface area (Å²) in [7, 11) is -3.20. The Balaban J connectivity index is 1.46. The average molecular weight is 377 g/mol. The van der Waals surface area contributed by atoms with E-state index in [0.29, 0.717) is 32.5 Å². The highest BCUT2D eigenvalue weighted by atomic mass is 32.2. The zero-order chi connectivity index (χ0) is 18.6. The van der Waals surface area contributed by atoms with Crippen LogP contribution in [-0.2, 0) is 16.6 Å². The smallest absolute Gasteiger partial charge is 0.317 e. The van der Waals surface area contributed by atoms with E-state index in [1.165, 1.54) is 0 Å². The lowest BCUT2D eigenvalue weighted by Gasteiger charge is -2.32. The predicted molar refractivity (Wildman–Crippen MR) is 98.4 cm³/mol. The van der Waals surface area contributed by atoms with E-state index >= 15 is 0 Å². The van der Waals surface area contributed by atoms with Crippen LogP contribution in [0.3, 0.4) is 0 Å². The van der Waals surface area contributed by atoms with Crippen molar-refractivity contribution in [1.82, 2.24) is 24.7 Å². The van der Waals surface area contributed by atoms with Gasteiger partial charge in [-0.2, -0.15) is 5.10 Å². The van der Waals surface area contributed by atoms with Crippen LogP contribution < -0.4 is 10.0 Å². The molecule has 1 aliphatic heterocycles. The van der Waals surface area contributed by atoms with Crippen molar-refractivity contribution in [3.8, 4) is 5.69 Å². The van der Waals surface area contributed by atoms with E-state index in [4.69, 9.17) is 0 Å². The molecule has 2 heterocycles. The van der Waals surface area contributed by atoms with E-state index in [0.717, 1.165) is 17.5 Å². The van der Waals surface area contributed by atoms with Crippen LogP contribution in [0.5, 0.6) is 0 Å². The molecule has 0 saturated carbocycles. The summed E-state index contributed by atoms with van der Waals surface area (Å²) in [5, 5.41) is 7.09. The molecular formula is C17H23N5O3S. The molecule has 0 spiro atoms. The molecule has 140 valence electrons. The Bertz CT molecular complexity index is 826. The van der Waals surface area contributed by atoms with Gasteiger partial charge in [-0.3, -0.25) is 0 Å². The Hall–Kier alpha value is -2.39. The standard InChI is InChI=1S/C17H23N5O3S/c1-26(24,25)20-15-7-11-21(12-8-15)17(23)18-13-14-3-5-16(6-4-14)22-10-2-9-19-22/h2-6,9-10,15,20H,7-8,11-13H2,1H3,(H,18,23). The first-order chi connectivity index (χ1) is 12.4. The topological polar surface area (TPSA) is 96.3 Å². The fraction of sp³-hybridized carbons (Fsp3) is 0.412. The van der Waals surface area contributed by atoms with Crippen LogP contribution in [0.4, 0.5) is 4.79 Å². The maximum absolute atomic E-state index is 12.3. The number of nitrogens with one attached hydrogen (secondary N) is 2. The van der Waals surface area contributed by atoms with Crippen molar-refractivity contribution < 1.29 is 13.2 Å². The van der Waals surface area contributed by atoms with Gasteiger partial charge in [-0.1, -0.05) is 12.1 Å². The number of benzene rings is 1. The van der Waals surface area contributed by atoms with Gasteiger partial charge >= 0.3 is 6.03 Å².